The van der Waals surface area contributed by atoms with Crippen LogP contribution < -0.4 is 10.1 Å². The van der Waals surface area contributed by atoms with E-state index in [4.69, 9.17) is 25.6 Å². The molecule has 0 bridgehead atoms. The van der Waals surface area contributed by atoms with E-state index in [9.17, 15) is 9.59 Å². The zero-order valence-corrected chi connectivity index (χ0v) is 15.1. The fourth-order valence-electron chi connectivity index (χ4n) is 2.21. The number of aromatic nitrogens is 1. The van der Waals surface area contributed by atoms with Crippen molar-refractivity contribution < 1.29 is 23.6 Å². The van der Waals surface area contributed by atoms with E-state index in [-0.39, 0.29) is 5.56 Å². The maximum absolute atomic E-state index is 12.3. The average Bonchev–Trinajstić information content (AvgIpc) is 2.95. The van der Waals surface area contributed by atoms with Gasteiger partial charge in [0.25, 0.3) is 5.91 Å². The number of benzene rings is 1. The lowest BCUT2D eigenvalue weighted by atomic mass is 10.1. The minimum Gasteiger partial charge on any atom is -0.495 e. The number of carbonyl (C=O) groups excluding carboxylic acids is 2. The second-order valence-corrected chi connectivity index (χ2v) is 5.73. The molecule has 1 N–H and O–H groups in total. The van der Waals surface area contributed by atoms with Crippen molar-refractivity contribution in [3.63, 3.8) is 0 Å². The van der Waals surface area contributed by atoms with Gasteiger partial charge in [-0.1, -0.05) is 23.7 Å². The van der Waals surface area contributed by atoms with Crippen LogP contribution in [0.1, 0.15) is 35.7 Å². The fraction of sp³-hybridized carbons (Fsp3) is 0.353. The molecule has 0 radical (unpaired) electrons. The van der Waals surface area contributed by atoms with E-state index in [1.54, 1.807) is 25.1 Å². The third kappa shape index (κ3) is 4.30. The Hall–Kier alpha value is -2.54. The summed E-state index contributed by atoms with van der Waals surface area (Å²) in [7, 11) is 1.48. The van der Waals surface area contributed by atoms with Crippen LogP contribution in [0, 0.1) is 6.92 Å². The molecule has 0 saturated heterocycles. The van der Waals surface area contributed by atoms with Crippen molar-refractivity contribution >= 4 is 29.2 Å². The number of hydrogen-bond acceptors (Lipinski definition) is 6. The number of nitrogens with zero attached hydrogens (tertiary/aromatic N) is 1. The number of halogens is 1. The number of methoxy groups -OCH3 is 1. The van der Waals surface area contributed by atoms with Gasteiger partial charge in [-0.2, -0.15) is 0 Å². The Morgan fingerprint density at radius 2 is 2.12 bits per heavy atom. The predicted octanol–water partition coefficient (Wildman–Crippen LogP) is 3.39. The first-order valence-corrected chi connectivity index (χ1v) is 8.05. The van der Waals surface area contributed by atoms with Gasteiger partial charge < -0.3 is 19.3 Å². The maximum atomic E-state index is 12.3. The average molecular weight is 367 g/mol. The molecule has 0 spiro atoms. The van der Waals surface area contributed by atoms with Crippen molar-refractivity contribution in [3.8, 4) is 5.75 Å². The summed E-state index contributed by atoms with van der Waals surface area (Å²) >= 11 is 5.93. The highest BCUT2D eigenvalue weighted by Gasteiger charge is 2.25. The number of esters is 1. The molecule has 8 heteroatoms. The first-order valence-electron chi connectivity index (χ1n) is 7.67. The third-order valence-electron chi connectivity index (χ3n) is 3.54. The highest BCUT2D eigenvalue weighted by molar-refractivity contribution is 6.31. The lowest BCUT2D eigenvalue weighted by Gasteiger charge is -2.15. The van der Waals surface area contributed by atoms with Crippen LogP contribution >= 0.6 is 11.6 Å². The van der Waals surface area contributed by atoms with E-state index >= 15 is 0 Å². The SMILES string of the molecule is CCc1noc(C)c1C(=O)O[C@@H](C)C(=O)Nc1cc(Cl)ccc1OC. The molecule has 1 aromatic heterocycles. The smallest absolute Gasteiger partial charge is 0.344 e. The van der Waals surface area contributed by atoms with Crippen LogP contribution in [-0.2, 0) is 16.0 Å². The van der Waals surface area contributed by atoms with Crippen LogP contribution in [0.4, 0.5) is 5.69 Å². The second kappa shape index (κ2) is 8.02. The Labute approximate surface area is 150 Å². The molecule has 25 heavy (non-hydrogen) atoms. The van der Waals surface area contributed by atoms with Gasteiger partial charge in [0.2, 0.25) is 0 Å². The van der Waals surface area contributed by atoms with E-state index in [2.05, 4.69) is 10.5 Å². The van der Waals surface area contributed by atoms with Crippen LogP contribution in [0.2, 0.25) is 5.02 Å². The van der Waals surface area contributed by atoms with Gasteiger partial charge in [-0.3, -0.25) is 4.79 Å². The number of carbonyl (C=O) groups is 2. The molecule has 0 aliphatic rings. The molecule has 0 unspecified atom stereocenters. The van der Waals surface area contributed by atoms with Gasteiger partial charge in [-0.25, -0.2) is 4.79 Å². The monoisotopic (exact) mass is 366 g/mol. The van der Waals surface area contributed by atoms with E-state index in [0.29, 0.717) is 34.3 Å². The number of anilines is 1. The van der Waals surface area contributed by atoms with Crippen molar-refractivity contribution in [3.05, 3.63) is 40.2 Å². The summed E-state index contributed by atoms with van der Waals surface area (Å²) in [6, 6.07) is 4.81. The summed E-state index contributed by atoms with van der Waals surface area (Å²) in [6.45, 7) is 4.93. The molecule has 0 fully saturated rings. The Bertz CT molecular complexity index is 787. The van der Waals surface area contributed by atoms with Crippen LogP contribution in [-0.4, -0.2) is 30.2 Å². The minimum atomic E-state index is -1.03. The molecule has 134 valence electrons. The molecule has 2 aromatic rings. The third-order valence-corrected chi connectivity index (χ3v) is 3.78. The summed E-state index contributed by atoms with van der Waals surface area (Å²) in [5.74, 6) is -0.372. The van der Waals surface area contributed by atoms with Crippen LogP contribution in [0.25, 0.3) is 0 Å². The topological polar surface area (TPSA) is 90.7 Å². The van der Waals surface area contributed by atoms with Gasteiger partial charge in [-0.15, -0.1) is 0 Å². The zero-order valence-electron chi connectivity index (χ0n) is 14.4. The first-order chi connectivity index (χ1) is 11.9. The summed E-state index contributed by atoms with van der Waals surface area (Å²) in [4.78, 5) is 24.6. The second-order valence-electron chi connectivity index (χ2n) is 5.30. The lowest BCUT2D eigenvalue weighted by molar-refractivity contribution is -0.123. The Balaban J connectivity index is 2.09. The van der Waals surface area contributed by atoms with Crippen molar-refractivity contribution in [2.24, 2.45) is 0 Å². The van der Waals surface area contributed by atoms with Gasteiger partial charge >= 0.3 is 5.97 Å². The number of hydrogen-bond donors (Lipinski definition) is 1. The molecular formula is C17H19ClN2O5. The van der Waals surface area contributed by atoms with Gasteiger partial charge in [0.05, 0.1) is 18.5 Å². The van der Waals surface area contributed by atoms with Gasteiger partial charge in [0.15, 0.2) is 6.10 Å². The normalized spacial score (nSPS) is 11.7. The summed E-state index contributed by atoms with van der Waals surface area (Å²) in [5, 5.41) is 6.87. The first kappa shape index (κ1) is 18.8. The predicted molar refractivity (Wildman–Crippen MR) is 92.1 cm³/mol. The molecule has 1 heterocycles. The minimum absolute atomic E-state index is 0.252. The molecule has 0 aliphatic heterocycles. The highest BCUT2D eigenvalue weighted by Crippen LogP contribution is 2.28. The Morgan fingerprint density at radius 3 is 2.76 bits per heavy atom. The molecule has 1 aromatic carbocycles. The Morgan fingerprint density at radius 1 is 1.40 bits per heavy atom. The lowest BCUT2D eigenvalue weighted by Crippen LogP contribution is -2.30. The van der Waals surface area contributed by atoms with Crippen molar-refractivity contribution in [1.29, 1.82) is 0 Å². The molecule has 2 rings (SSSR count). The van der Waals surface area contributed by atoms with Crippen molar-refractivity contribution in [1.82, 2.24) is 5.16 Å². The van der Waals surface area contributed by atoms with E-state index < -0.39 is 18.0 Å². The van der Waals surface area contributed by atoms with Crippen LogP contribution in [0.15, 0.2) is 22.7 Å². The van der Waals surface area contributed by atoms with Gasteiger partial charge in [0.1, 0.15) is 17.1 Å². The van der Waals surface area contributed by atoms with Crippen molar-refractivity contribution in [2.75, 3.05) is 12.4 Å². The standard InChI is InChI=1S/C17H19ClN2O5/c1-5-12-15(9(2)25-20-12)17(22)24-10(3)16(21)19-13-8-11(18)6-7-14(13)23-4/h6-8,10H,5H2,1-4H3,(H,19,21)/t10-/m0/s1. The van der Waals surface area contributed by atoms with E-state index in [1.165, 1.54) is 14.0 Å². The Kier molecular flexibility index (Phi) is 6.03. The molecule has 0 saturated carbocycles. The van der Waals surface area contributed by atoms with Crippen molar-refractivity contribution in [2.45, 2.75) is 33.3 Å². The fourth-order valence-corrected chi connectivity index (χ4v) is 2.38. The van der Waals surface area contributed by atoms with E-state index in [0.717, 1.165) is 0 Å². The van der Waals surface area contributed by atoms with Crippen LogP contribution in [0.3, 0.4) is 0 Å². The number of ether oxygens (including phenoxy) is 2. The van der Waals surface area contributed by atoms with Crippen LogP contribution in [0.5, 0.6) is 5.75 Å². The number of aryl methyl sites for hydroxylation is 2. The highest BCUT2D eigenvalue weighted by atomic mass is 35.5. The zero-order chi connectivity index (χ0) is 18.6. The molecule has 0 aliphatic carbocycles. The maximum Gasteiger partial charge on any atom is 0.344 e. The molecular weight excluding hydrogens is 348 g/mol. The number of amides is 1. The quantitative estimate of drug-likeness (QED) is 0.788. The van der Waals surface area contributed by atoms with E-state index in [1.807, 2.05) is 6.92 Å². The number of rotatable bonds is 6. The number of nitrogens with one attached hydrogen (secondary N) is 1. The molecule has 1 atom stereocenters. The molecule has 7 nitrogen and oxygen atoms in total. The largest absolute Gasteiger partial charge is 0.495 e. The summed E-state index contributed by atoms with van der Waals surface area (Å²) < 4.78 is 15.4. The van der Waals surface area contributed by atoms with Gasteiger partial charge in [0, 0.05) is 5.02 Å². The summed E-state index contributed by atoms with van der Waals surface area (Å²) in [6.07, 6.45) is -0.516. The molecule has 1 amide bonds. The van der Waals surface area contributed by atoms with Gasteiger partial charge in [-0.05, 0) is 38.5 Å². The summed E-state index contributed by atoms with van der Waals surface area (Å²) in [5.41, 5.74) is 1.13.